The molecule has 0 spiro atoms. The van der Waals surface area contributed by atoms with Crippen molar-refractivity contribution in [3.63, 3.8) is 0 Å². The quantitative estimate of drug-likeness (QED) is 0.614. The van der Waals surface area contributed by atoms with E-state index in [1.807, 2.05) is 0 Å². The minimum atomic E-state index is -4.55. The predicted octanol–water partition coefficient (Wildman–Crippen LogP) is 3.72. The van der Waals surface area contributed by atoms with Gasteiger partial charge < -0.3 is 0 Å². The molecule has 19 heavy (non-hydrogen) atoms. The number of nitrogens with zero attached hydrogens (tertiary/aromatic N) is 1. The fourth-order valence-corrected chi connectivity index (χ4v) is 1.65. The van der Waals surface area contributed by atoms with E-state index in [9.17, 15) is 22.4 Å². The summed E-state index contributed by atoms with van der Waals surface area (Å²) >= 11 is 0. The van der Waals surface area contributed by atoms with Crippen molar-refractivity contribution < 1.29 is 22.4 Å². The van der Waals surface area contributed by atoms with Gasteiger partial charge in [0.05, 0.1) is 23.0 Å². The van der Waals surface area contributed by atoms with Crippen LogP contribution < -0.4 is 0 Å². The smallest absolute Gasteiger partial charge is 0.298 e. The molecule has 0 radical (unpaired) electrons. The molecule has 0 aliphatic heterocycles. The number of pyridine rings is 1. The first-order valence-corrected chi connectivity index (χ1v) is 5.21. The minimum Gasteiger partial charge on any atom is -0.298 e. The lowest BCUT2D eigenvalue weighted by Gasteiger charge is -2.12. The van der Waals surface area contributed by atoms with Crippen LogP contribution in [0.5, 0.6) is 0 Å². The van der Waals surface area contributed by atoms with Crippen LogP contribution in [-0.4, -0.2) is 11.3 Å². The molecule has 1 aromatic heterocycles. The van der Waals surface area contributed by atoms with Crippen molar-refractivity contribution in [2.45, 2.75) is 6.18 Å². The number of aldehydes is 1. The van der Waals surface area contributed by atoms with Crippen molar-refractivity contribution in [2.75, 3.05) is 0 Å². The second-order valence-electron chi connectivity index (χ2n) is 3.75. The fourth-order valence-electron chi connectivity index (χ4n) is 1.65. The molecule has 0 fully saturated rings. The van der Waals surface area contributed by atoms with Crippen molar-refractivity contribution in [3.05, 3.63) is 53.5 Å². The normalized spacial score (nSPS) is 11.4. The Bertz CT molecular complexity index is 622. The topological polar surface area (TPSA) is 30.0 Å². The highest BCUT2D eigenvalue weighted by atomic mass is 19.4. The highest BCUT2D eigenvalue weighted by Gasteiger charge is 2.33. The molecule has 1 heterocycles. The molecule has 0 N–H and O–H groups in total. The number of carbonyl (C=O) groups is 1. The molecule has 0 saturated heterocycles. The van der Waals surface area contributed by atoms with Crippen LogP contribution in [0.2, 0.25) is 0 Å². The van der Waals surface area contributed by atoms with Gasteiger partial charge in [-0.3, -0.25) is 9.78 Å². The maximum atomic E-state index is 13.1. The first-order chi connectivity index (χ1) is 8.93. The van der Waals surface area contributed by atoms with E-state index in [1.54, 1.807) is 0 Å². The Morgan fingerprint density at radius 2 is 1.84 bits per heavy atom. The van der Waals surface area contributed by atoms with E-state index in [-0.39, 0.29) is 23.1 Å². The van der Waals surface area contributed by atoms with Gasteiger partial charge >= 0.3 is 6.18 Å². The molecule has 0 bridgehead atoms. The Kier molecular flexibility index (Phi) is 3.33. The van der Waals surface area contributed by atoms with E-state index < -0.39 is 17.6 Å². The van der Waals surface area contributed by atoms with E-state index >= 15 is 0 Å². The van der Waals surface area contributed by atoms with Crippen LogP contribution >= 0.6 is 0 Å². The Balaban J connectivity index is 2.63. The lowest BCUT2D eigenvalue weighted by molar-refractivity contribution is -0.137. The second kappa shape index (κ2) is 4.79. The molecule has 2 nitrogen and oxygen atoms in total. The molecule has 2 aromatic rings. The molecule has 6 heteroatoms. The van der Waals surface area contributed by atoms with E-state index in [2.05, 4.69) is 4.98 Å². The van der Waals surface area contributed by atoms with Gasteiger partial charge in [0.1, 0.15) is 0 Å². The summed E-state index contributed by atoms with van der Waals surface area (Å²) in [4.78, 5) is 14.2. The summed E-state index contributed by atoms with van der Waals surface area (Å²) < 4.78 is 51.6. The van der Waals surface area contributed by atoms with Crippen molar-refractivity contribution in [1.82, 2.24) is 4.98 Å². The van der Waals surface area contributed by atoms with E-state index in [0.29, 0.717) is 0 Å². The predicted molar refractivity (Wildman–Crippen MR) is 60.0 cm³/mol. The standard InChI is InChI=1S/C13H7F4NO/c14-11-6-18-12(5-8(11)7-19)9-3-1-2-4-10(9)13(15,16)17/h1-7H. The number of aromatic nitrogens is 1. The van der Waals surface area contributed by atoms with Crippen molar-refractivity contribution in [3.8, 4) is 11.3 Å². The Morgan fingerprint density at radius 1 is 1.16 bits per heavy atom. The highest BCUT2D eigenvalue weighted by Crippen LogP contribution is 2.36. The zero-order valence-electron chi connectivity index (χ0n) is 9.41. The number of benzene rings is 1. The van der Waals surface area contributed by atoms with Gasteiger partial charge in [-0.2, -0.15) is 13.2 Å². The van der Waals surface area contributed by atoms with Crippen LogP contribution in [0, 0.1) is 5.82 Å². The molecular formula is C13H7F4NO. The lowest BCUT2D eigenvalue weighted by Crippen LogP contribution is -2.07. The van der Waals surface area contributed by atoms with Crippen LogP contribution in [0.1, 0.15) is 15.9 Å². The molecule has 0 aliphatic carbocycles. The van der Waals surface area contributed by atoms with E-state index in [1.165, 1.54) is 18.2 Å². The van der Waals surface area contributed by atoms with Crippen LogP contribution in [0.25, 0.3) is 11.3 Å². The number of halogens is 4. The Hall–Kier alpha value is -2.24. The monoisotopic (exact) mass is 269 g/mol. The first kappa shape index (κ1) is 13.2. The Morgan fingerprint density at radius 3 is 2.47 bits per heavy atom. The number of hydrogen-bond acceptors (Lipinski definition) is 2. The largest absolute Gasteiger partial charge is 0.417 e. The molecule has 2 rings (SSSR count). The zero-order valence-corrected chi connectivity index (χ0v) is 9.41. The molecular weight excluding hydrogens is 262 g/mol. The van der Waals surface area contributed by atoms with Crippen LogP contribution in [0.4, 0.5) is 17.6 Å². The third-order valence-corrected chi connectivity index (χ3v) is 2.52. The minimum absolute atomic E-state index is 0.101. The average Bonchev–Trinajstić information content (AvgIpc) is 2.38. The molecule has 1 aromatic carbocycles. The van der Waals surface area contributed by atoms with Gasteiger partial charge in [0.2, 0.25) is 0 Å². The molecule has 0 saturated carbocycles. The molecule has 0 unspecified atom stereocenters. The zero-order chi connectivity index (χ0) is 14.0. The summed E-state index contributed by atoms with van der Waals surface area (Å²) in [5, 5.41) is 0. The Labute approximate surface area is 105 Å². The van der Waals surface area contributed by atoms with Crippen LogP contribution in [0.15, 0.2) is 36.5 Å². The third kappa shape index (κ3) is 2.62. The van der Waals surface area contributed by atoms with Gasteiger partial charge in [-0.1, -0.05) is 18.2 Å². The summed E-state index contributed by atoms with van der Waals surface area (Å²) in [6, 6.07) is 5.78. The fraction of sp³-hybridized carbons (Fsp3) is 0.0769. The van der Waals surface area contributed by atoms with Crippen LogP contribution in [0.3, 0.4) is 0 Å². The summed E-state index contributed by atoms with van der Waals surface area (Å²) in [6.45, 7) is 0. The van der Waals surface area contributed by atoms with Crippen LogP contribution in [-0.2, 0) is 6.18 Å². The van der Waals surface area contributed by atoms with Gasteiger partial charge in [0.15, 0.2) is 12.1 Å². The van der Waals surface area contributed by atoms with Crippen molar-refractivity contribution in [1.29, 1.82) is 0 Å². The number of hydrogen-bond donors (Lipinski definition) is 0. The molecule has 0 aliphatic rings. The van der Waals surface area contributed by atoms with Gasteiger partial charge in [-0.05, 0) is 12.1 Å². The first-order valence-electron chi connectivity index (χ1n) is 5.21. The summed E-state index contributed by atoms with van der Waals surface area (Å²) in [5.74, 6) is -0.872. The van der Waals surface area contributed by atoms with Gasteiger partial charge in [-0.25, -0.2) is 4.39 Å². The summed E-state index contributed by atoms with van der Waals surface area (Å²) in [5.41, 5.74) is -1.51. The number of alkyl halides is 3. The molecule has 0 amide bonds. The van der Waals surface area contributed by atoms with Gasteiger partial charge in [-0.15, -0.1) is 0 Å². The van der Waals surface area contributed by atoms with E-state index in [0.717, 1.165) is 18.3 Å². The SMILES string of the molecule is O=Cc1cc(-c2ccccc2C(F)(F)F)ncc1F. The number of carbonyl (C=O) groups excluding carboxylic acids is 1. The van der Waals surface area contributed by atoms with E-state index in [4.69, 9.17) is 0 Å². The highest BCUT2D eigenvalue weighted by molar-refractivity contribution is 5.78. The molecule has 0 atom stereocenters. The second-order valence-corrected chi connectivity index (χ2v) is 3.75. The summed E-state index contributed by atoms with van der Waals surface area (Å²) in [7, 11) is 0. The number of rotatable bonds is 2. The van der Waals surface area contributed by atoms with Crippen molar-refractivity contribution >= 4 is 6.29 Å². The van der Waals surface area contributed by atoms with Crippen molar-refractivity contribution in [2.24, 2.45) is 0 Å². The third-order valence-electron chi connectivity index (χ3n) is 2.52. The average molecular weight is 269 g/mol. The maximum absolute atomic E-state index is 13.1. The van der Waals surface area contributed by atoms with Gasteiger partial charge in [0, 0.05) is 5.56 Å². The summed E-state index contributed by atoms with van der Waals surface area (Å²) in [6.07, 6.45) is -3.59. The lowest BCUT2D eigenvalue weighted by atomic mass is 10.0. The van der Waals surface area contributed by atoms with Gasteiger partial charge in [0.25, 0.3) is 0 Å². The molecule has 98 valence electrons. The maximum Gasteiger partial charge on any atom is 0.417 e.